The Balaban J connectivity index is 2.29. The lowest BCUT2D eigenvalue weighted by Gasteiger charge is -2.43. The van der Waals surface area contributed by atoms with Crippen molar-refractivity contribution in [2.75, 3.05) is 19.6 Å². The normalized spacial score (nSPS) is 18.6. The number of hydrogen-bond acceptors (Lipinski definition) is 2. The minimum atomic E-state index is -2.70. The minimum Gasteiger partial charge on any atom is -0.329 e. The third kappa shape index (κ3) is 7.15. The maximum Gasteiger partial charge on any atom is 0.282 e. The van der Waals surface area contributed by atoms with E-state index in [-0.39, 0.29) is 11.3 Å². The Morgan fingerprint density at radius 1 is 1.09 bits per heavy atom. The zero-order valence-corrected chi connectivity index (χ0v) is 15.3. The van der Waals surface area contributed by atoms with Crippen LogP contribution in [0.3, 0.4) is 0 Å². The van der Waals surface area contributed by atoms with Crippen molar-refractivity contribution in [2.24, 2.45) is 5.41 Å². The molecule has 0 saturated carbocycles. The molecular weight excluding hydrogens is 298 g/mol. The van der Waals surface area contributed by atoms with Crippen LogP contribution < -0.4 is 5.32 Å². The molecule has 1 N–H and O–H groups in total. The molecule has 23 heavy (non-hydrogen) atoms. The largest absolute Gasteiger partial charge is 0.329 e. The molecule has 0 aromatic rings. The van der Waals surface area contributed by atoms with E-state index in [9.17, 15) is 13.6 Å². The molecule has 1 saturated heterocycles. The van der Waals surface area contributed by atoms with E-state index in [1.807, 2.05) is 20.8 Å². The zero-order valence-electron chi connectivity index (χ0n) is 15.3. The zero-order chi connectivity index (χ0) is 17.5. The van der Waals surface area contributed by atoms with Crippen molar-refractivity contribution in [3.8, 4) is 0 Å². The fourth-order valence-electron chi connectivity index (χ4n) is 2.94. The van der Waals surface area contributed by atoms with Crippen LogP contribution in [-0.4, -0.2) is 42.4 Å². The van der Waals surface area contributed by atoms with Crippen molar-refractivity contribution in [3.63, 3.8) is 0 Å². The molecule has 1 amide bonds. The van der Waals surface area contributed by atoms with E-state index < -0.39 is 25.1 Å². The lowest BCUT2D eigenvalue weighted by Crippen LogP contribution is -2.64. The number of carbonyl (C=O) groups is 1. The van der Waals surface area contributed by atoms with Gasteiger partial charge in [-0.05, 0) is 18.4 Å². The van der Waals surface area contributed by atoms with Crippen LogP contribution in [0.2, 0.25) is 0 Å². The highest BCUT2D eigenvalue weighted by Gasteiger charge is 2.49. The topological polar surface area (TPSA) is 32.3 Å². The summed E-state index contributed by atoms with van der Waals surface area (Å²) in [7, 11) is 0. The van der Waals surface area contributed by atoms with E-state index in [2.05, 4.69) is 12.2 Å². The van der Waals surface area contributed by atoms with Gasteiger partial charge >= 0.3 is 0 Å². The van der Waals surface area contributed by atoms with E-state index >= 15 is 0 Å². The molecule has 1 rings (SSSR count). The maximum absolute atomic E-state index is 13.0. The Kier molecular flexibility index (Phi) is 7.91. The van der Waals surface area contributed by atoms with Gasteiger partial charge in [-0.2, -0.15) is 0 Å². The molecule has 1 aliphatic heterocycles. The molecule has 0 bridgehead atoms. The highest BCUT2D eigenvalue weighted by Crippen LogP contribution is 2.30. The van der Waals surface area contributed by atoms with Crippen LogP contribution in [0.25, 0.3) is 0 Å². The fraction of sp³-hybridized carbons (Fsp3) is 0.944. The summed E-state index contributed by atoms with van der Waals surface area (Å²) in [5.74, 6) is -2.89. The fourth-order valence-corrected chi connectivity index (χ4v) is 2.94. The molecule has 0 unspecified atom stereocenters. The predicted octanol–water partition coefficient (Wildman–Crippen LogP) is 4.22. The van der Waals surface area contributed by atoms with Crippen LogP contribution in [-0.2, 0) is 4.79 Å². The summed E-state index contributed by atoms with van der Waals surface area (Å²) in [5, 5.41) is 3.30. The Labute approximate surface area is 140 Å². The molecule has 0 spiro atoms. The van der Waals surface area contributed by atoms with E-state index in [0.717, 1.165) is 19.4 Å². The molecule has 0 radical (unpaired) electrons. The summed E-state index contributed by atoms with van der Waals surface area (Å²) in [6.45, 7) is 8.05. The van der Waals surface area contributed by atoms with Gasteiger partial charge in [0.1, 0.15) is 0 Å². The summed E-state index contributed by atoms with van der Waals surface area (Å²) in [6.07, 6.45) is 8.56. The Morgan fingerprint density at radius 3 is 2.09 bits per heavy atom. The number of unbranched alkanes of at least 4 members (excludes halogenated alkanes) is 6. The van der Waals surface area contributed by atoms with Gasteiger partial charge in [-0.25, -0.2) is 8.78 Å². The van der Waals surface area contributed by atoms with Gasteiger partial charge in [-0.1, -0.05) is 66.2 Å². The number of hydrogen-bond donors (Lipinski definition) is 1. The first-order valence-electron chi connectivity index (χ1n) is 9.07. The highest BCUT2D eigenvalue weighted by atomic mass is 19.3. The van der Waals surface area contributed by atoms with E-state index in [1.165, 1.54) is 37.0 Å². The average molecular weight is 332 g/mol. The van der Waals surface area contributed by atoms with Crippen LogP contribution in [0.5, 0.6) is 0 Å². The van der Waals surface area contributed by atoms with Gasteiger partial charge in [0.2, 0.25) is 5.91 Å². The summed E-state index contributed by atoms with van der Waals surface area (Å²) in [4.78, 5) is 13.7. The van der Waals surface area contributed by atoms with Crippen LogP contribution >= 0.6 is 0 Å². The number of amides is 1. The van der Waals surface area contributed by atoms with Crippen molar-refractivity contribution in [3.05, 3.63) is 0 Å². The Morgan fingerprint density at radius 2 is 1.61 bits per heavy atom. The Hall–Kier alpha value is -0.710. The maximum atomic E-state index is 13.0. The van der Waals surface area contributed by atoms with Crippen molar-refractivity contribution >= 4 is 5.91 Å². The second kappa shape index (κ2) is 8.95. The van der Waals surface area contributed by atoms with Crippen molar-refractivity contribution in [1.82, 2.24) is 10.2 Å². The molecule has 1 heterocycles. The molecule has 1 fully saturated rings. The third-order valence-corrected chi connectivity index (χ3v) is 4.40. The van der Waals surface area contributed by atoms with Crippen LogP contribution in [0.4, 0.5) is 8.78 Å². The monoisotopic (exact) mass is 332 g/mol. The summed E-state index contributed by atoms with van der Waals surface area (Å²) in [5.41, 5.74) is -0.275. The van der Waals surface area contributed by atoms with E-state index in [1.54, 1.807) is 0 Å². The second-order valence-electron chi connectivity index (χ2n) is 7.92. The van der Waals surface area contributed by atoms with Gasteiger partial charge in [0.25, 0.3) is 5.92 Å². The van der Waals surface area contributed by atoms with Gasteiger partial charge < -0.3 is 10.2 Å². The molecule has 3 nitrogen and oxygen atoms in total. The summed E-state index contributed by atoms with van der Waals surface area (Å²) in [6, 6.07) is -0.390. The van der Waals surface area contributed by atoms with Crippen molar-refractivity contribution in [2.45, 2.75) is 84.6 Å². The first-order chi connectivity index (χ1) is 10.7. The summed E-state index contributed by atoms with van der Waals surface area (Å²) >= 11 is 0. The molecule has 1 atom stereocenters. The van der Waals surface area contributed by atoms with E-state index in [0.29, 0.717) is 0 Å². The second-order valence-corrected chi connectivity index (χ2v) is 7.92. The van der Waals surface area contributed by atoms with Crippen molar-refractivity contribution < 1.29 is 13.6 Å². The Bertz CT molecular complexity index is 359. The summed E-state index contributed by atoms with van der Waals surface area (Å²) < 4.78 is 25.9. The molecule has 136 valence electrons. The average Bonchev–Trinajstić information content (AvgIpc) is 2.41. The molecule has 0 aromatic carbocycles. The van der Waals surface area contributed by atoms with Crippen LogP contribution in [0.15, 0.2) is 0 Å². The number of alkyl halides is 2. The molecular formula is C18H34F2N2O. The van der Waals surface area contributed by atoms with Crippen molar-refractivity contribution in [1.29, 1.82) is 0 Å². The first kappa shape index (κ1) is 20.3. The van der Waals surface area contributed by atoms with E-state index in [4.69, 9.17) is 0 Å². The standard InChI is InChI=1S/C18H34F2N2O/c1-5-6-7-8-9-10-11-12-21-15(17(2,3)4)16(23)22-13-18(19,20)14-22/h15,21H,5-14H2,1-4H3/t15-/m1/s1. The van der Waals surface area contributed by atoms with Gasteiger partial charge in [-0.15, -0.1) is 0 Å². The number of rotatable bonds is 10. The van der Waals surface area contributed by atoms with Gasteiger partial charge in [0.05, 0.1) is 19.1 Å². The lowest BCUT2D eigenvalue weighted by atomic mass is 9.85. The smallest absolute Gasteiger partial charge is 0.282 e. The predicted molar refractivity (Wildman–Crippen MR) is 90.8 cm³/mol. The number of nitrogens with one attached hydrogen (secondary N) is 1. The number of carbonyl (C=O) groups excluding carboxylic acids is 1. The number of halogens is 2. The van der Waals surface area contributed by atoms with Crippen LogP contribution in [0, 0.1) is 5.41 Å². The van der Waals surface area contributed by atoms with Gasteiger partial charge in [0, 0.05) is 0 Å². The molecule has 0 aliphatic carbocycles. The molecule has 0 aromatic heterocycles. The number of likely N-dealkylation sites (tertiary alicyclic amines) is 1. The SMILES string of the molecule is CCCCCCCCCN[C@H](C(=O)N1CC(F)(F)C1)C(C)(C)C. The van der Waals surface area contributed by atoms with Crippen LogP contribution in [0.1, 0.15) is 72.6 Å². The molecule has 5 heteroatoms. The van der Waals surface area contributed by atoms with Gasteiger partial charge in [-0.3, -0.25) is 4.79 Å². The third-order valence-electron chi connectivity index (χ3n) is 4.40. The quantitative estimate of drug-likeness (QED) is 0.608. The highest BCUT2D eigenvalue weighted by molar-refractivity contribution is 5.83. The van der Waals surface area contributed by atoms with Gasteiger partial charge in [0.15, 0.2) is 0 Å². The lowest BCUT2D eigenvalue weighted by molar-refractivity contribution is -0.170. The molecule has 1 aliphatic rings. The number of nitrogens with zero attached hydrogens (tertiary/aromatic N) is 1. The minimum absolute atomic E-state index is 0.189. The first-order valence-corrected chi connectivity index (χ1v) is 9.07.